The Morgan fingerprint density at radius 1 is 1.25 bits per heavy atom. The summed E-state index contributed by atoms with van der Waals surface area (Å²) in [7, 11) is 0. The highest BCUT2D eigenvalue weighted by molar-refractivity contribution is 5.51. The van der Waals surface area contributed by atoms with Crippen LogP contribution in [-0.2, 0) is 17.9 Å². The van der Waals surface area contributed by atoms with E-state index in [2.05, 4.69) is 15.1 Å². The molecular weight excluding hydrogens is 311 g/mol. The minimum atomic E-state index is -0.252. The summed E-state index contributed by atoms with van der Waals surface area (Å²) in [6, 6.07) is 6.38. The van der Waals surface area contributed by atoms with Gasteiger partial charge in [-0.25, -0.2) is 9.37 Å². The highest BCUT2D eigenvalue weighted by atomic mass is 19.1. The van der Waals surface area contributed by atoms with Gasteiger partial charge < -0.3 is 13.8 Å². The number of ether oxygens (including phenoxy) is 1. The molecule has 0 unspecified atom stereocenters. The van der Waals surface area contributed by atoms with E-state index in [1.54, 1.807) is 18.5 Å². The first-order valence-electron chi connectivity index (χ1n) is 7.87. The van der Waals surface area contributed by atoms with Gasteiger partial charge in [-0.15, -0.1) is 0 Å². The normalized spacial score (nSPS) is 17.2. The molecule has 7 heteroatoms. The molecule has 0 aliphatic carbocycles. The zero-order valence-electron chi connectivity index (χ0n) is 13.4. The molecule has 0 radical (unpaired) electrons. The molecule has 0 spiro atoms. The van der Waals surface area contributed by atoms with E-state index in [4.69, 9.17) is 9.26 Å². The van der Waals surface area contributed by atoms with E-state index in [1.807, 2.05) is 18.4 Å². The standard InChI is InChI=1S/C17H17FN4O2/c1-10(2)16-20-17(24-21-16)15-13-8-23-14(7-22(13)9-19-15)11-3-5-12(18)6-4-11/h3-6,9-10,14H,7-8H2,1-2H3/t14-/m1/s1. The van der Waals surface area contributed by atoms with Crippen molar-refractivity contribution in [3.63, 3.8) is 0 Å². The lowest BCUT2D eigenvalue weighted by Crippen LogP contribution is -2.20. The average molecular weight is 328 g/mol. The lowest BCUT2D eigenvalue weighted by Gasteiger charge is -2.25. The number of rotatable bonds is 3. The zero-order chi connectivity index (χ0) is 16.7. The fraction of sp³-hybridized carbons (Fsp3) is 0.353. The van der Waals surface area contributed by atoms with Gasteiger partial charge in [0.2, 0.25) is 0 Å². The lowest BCUT2D eigenvalue weighted by molar-refractivity contribution is 0.00327. The van der Waals surface area contributed by atoms with Crippen LogP contribution in [-0.4, -0.2) is 19.7 Å². The van der Waals surface area contributed by atoms with Gasteiger partial charge in [0.05, 0.1) is 25.2 Å². The molecule has 3 aromatic rings. The minimum absolute atomic E-state index is 0.130. The molecule has 6 nitrogen and oxygen atoms in total. The Kier molecular flexibility index (Phi) is 3.65. The molecule has 0 bridgehead atoms. The number of imidazole rings is 1. The van der Waals surface area contributed by atoms with Crippen LogP contribution in [0.4, 0.5) is 4.39 Å². The fourth-order valence-corrected chi connectivity index (χ4v) is 2.75. The third-order valence-corrected chi connectivity index (χ3v) is 4.13. The molecule has 0 N–H and O–H groups in total. The molecule has 2 aromatic heterocycles. The van der Waals surface area contributed by atoms with Crippen molar-refractivity contribution in [2.24, 2.45) is 0 Å². The predicted molar refractivity (Wildman–Crippen MR) is 83.5 cm³/mol. The maximum absolute atomic E-state index is 13.1. The summed E-state index contributed by atoms with van der Waals surface area (Å²) < 4.78 is 26.3. The number of hydrogen-bond acceptors (Lipinski definition) is 5. The number of hydrogen-bond donors (Lipinski definition) is 0. The molecule has 0 saturated carbocycles. The van der Waals surface area contributed by atoms with Crippen LogP contribution in [0.3, 0.4) is 0 Å². The zero-order valence-corrected chi connectivity index (χ0v) is 13.4. The third kappa shape index (κ3) is 2.60. The summed E-state index contributed by atoms with van der Waals surface area (Å²) in [5.41, 5.74) is 2.51. The summed E-state index contributed by atoms with van der Waals surface area (Å²) in [6.45, 7) is 5.01. The molecule has 3 heterocycles. The Hall–Kier alpha value is -2.54. The van der Waals surface area contributed by atoms with Crippen molar-refractivity contribution in [1.82, 2.24) is 19.7 Å². The molecule has 0 amide bonds. The molecule has 0 saturated heterocycles. The maximum atomic E-state index is 13.1. The van der Waals surface area contributed by atoms with Crippen LogP contribution in [0.5, 0.6) is 0 Å². The summed E-state index contributed by atoms with van der Waals surface area (Å²) in [5.74, 6) is 1.02. The topological polar surface area (TPSA) is 66.0 Å². The van der Waals surface area contributed by atoms with Crippen molar-refractivity contribution >= 4 is 0 Å². The molecule has 0 fully saturated rings. The number of benzene rings is 1. The van der Waals surface area contributed by atoms with Crippen molar-refractivity contribution in [1.29, 1.82) is 0 Å². The van der Waals surface area contributed by atoms with E-state index in [0.717, 1.165) is 11.3 Å². The molecule has 24 heavy (non-hydrogen) atoms. The minimum Gasteiger partial charge on any atom is -0.365 e. The maximum Gasteiger partial charge on any atom is 0.278 e. The van der Waals surface area contributed by atoms with Crippen molar-refractivity contribution < 1.29 is 13.7 Å². The third-order valence-electron chi connectivity index (χ3n) is 4.13. The molecular formula is C17H17FN4O2. The summed E-state index contributed by atoms with van der Waals surface area (Å²) in [5, 5.41) is 3.98. The highest BCUT2D eigenvalue weighted by Gasteiger charge is 2.26. The number of halogens is 1. The monoisotopic (exact) mass is 328 g/mol. The largest absolute Gasteiger partial charge is 0.365 e. The summed E-state index contributed by atoms with van der Waals surface area (Å²) >= 11 is 0. The van der Waals surface area contributed by atoms with Crippen LogP contribution in [0.2, 0.25) is 0 Å². The number of nitrogens with zero attached hydrogens (tertiary/aromatic N) is 4. The van der Waals surface area contributed by atoms with Gasteiger partial charge in [0.25, 0.3) is 5.89 Å². The van der Waals surface area contributed by atoms with Gasteiger partial charge in [0.15, 0.2) is 11.5 Å². The molecule has 1 aliphatic heterocycles. The van der Waals surface area contributed by atoms with Crippen molar-refractivity contribution in [3.05, 3.63) is 53.5 Å². The number of fused-ring (bicyclic) bond motifs is 1. The first-order chi connectivity index (χ1) is 11.6. The SMILES string of the molecule is CC(C)c1noc(-c2ncn3c2CO[C@@H](c2ccc(F)cc2)C3)n1. The summed E-state index contributed by atoms with van der Waals surface area (Å²) in [6.07, 6.45) is 1.62. The van der Waals surface area contributed by atoms with Gasteiger partial charge in [-0.05, 0) is 17.7 Å². The first-order valence-corrected chi connectivity index (χ1v) is 7.87. The quantitative estimate of drug-likeness (QED) is 0.736. The van der Waals surface area contributed by atoms with Crippen LogP contribution in [0, 0.1) is 5.82 Å². The predicted octanol–water partition coefficient (Wildman–Crippen LogP) is 3.47. The smallest absolute Gasteiger partial charge is 0.278 e. The molecule has 124 valence electrons. The van der Waals surface area contributed by atoms with E-state index >= 15 is 0 Å². The molecule has 1 aromatic carbocycles. The number of aromatic nitrogens is 4. The van der Waals surface area contributed by atoms with Crippen molar-refractivity contribution in [2.45, 2.75) is 39.0 Å². The second kappa shape index (κ2) is 5.83. The average Bonchev–Trinajstić information content (AvgIpc) is 3.21. The van der Waals surface area contributed by atoms with Gasteiger partial charge in [0, 0.05) is 5.92 Å². The Bertz CT molecular complexity index is 854. The van der Waals surface area contributed by atoms with E-state index in [1.165, 1.54) is 12.1 Å². The van der Waals surface area contributed by atoms with Gasteiger partial charge >= 0.3 is 0 Å². The first kappa shape index (κ1) is 15.0. The van der Waals surface area contributed by atoms with Gasteiger partial charge in [-0.3, -0.25) is 0 Å². The van der Waals surface area contributed by atoms with Gasteiger partial charge in [-0.2, -0.15) is 4.98 Å². The Labute approximate surface area is 138 Å². The molecule has 1 atom stereocenters. The Morgan fingerprint density at radius 2 is 2.04 bits per heavy atom. The van der Waals surface area contributed by atoms with Gasteiger partial charge in [0.1, 0.15) is 11.9 Å². The van der Waals surface area contributed by atoms with Crippen LogP contribution in [0.1, 0.15) is 43.0 Å². The van der Waals surface area contributed by atoms with Crippen molar-refractivity contribution in [3.8, 4) is 11.6 Å². The van der Waals surface area contributed by atoms with E-state index in [9.17, 15) is 4.39 Å². The molecule has 4 rings (SSSR count). The van der Waals surface area contributed by atoms with Crippen molar-refractivity contribution in [2.75, 3.05) is 0 Å². The van der Waals surface area contributed by atoms with E-state index in [-0.39, 0.29) is 17.8 Å². The summed E-state index contributed by atoms with van der Waals surface area (Å²) in [4.78, 5) is 8.81. The Balaban J connectivity index is 1.60. The highest BCUT2D eigenvalue weighted by Crippen LogP contribution is 2.31. The lowest BCUT2D eigenvalue weighted by atomic mass is 10.1. The van der Waals surface area contributed by atoms with Crippen LogP contribution < -0.4 is 0 Å². The van der Waals surface area contributed by atoms with Gasteiger partial charge in [-0.1, -0.05) is 31.1 Å². The van der Waals surface area contributed by atoms with Crippen LogP contribution >= 0.6 is 0 Å². The van der Waals surface area contributed by atoms with Crippen LogP contribution in [0.25, 0.3) is 11.6 Å². The fourth-order valence-electron chi connectivity index (χ4n) is 2.75. The second-order valence-electron chi connectivity index (χ2n) is 6.16. The van der Waals surface area contributed by atoms with E-state index < -0.39 is 0 Å². The Morgan fingerprint density at radius 3 is 2.75 bits per heavy atom. The van der Waals surface area contributed by atoms with Crippen LogP contribution in [0.15, 0.2) is 35.1 Å². The molecule has 1 aliphatic rings. The van der Waals surface area contributed by atoms with E-state index in [0.29, 0.717) is 30.6 Å². The second-order valence-corrected chi connectivity index (χ2v) is 6.16.